The molecule has 4 nitrogen and oxygen atoms in total. The van der Waals surface area contributed by atoms with Crippen LogP contribution in [0.1, 0.15) is 28.4 Å². The van der Waals surface area contributed by atoms with Crippen LogP contribution in [0.2, 0.25) is 0 Å². The first-order valence-electron chi connectivity index (χ1n) is 8.20. The number of hydrogen-bond donors (Lipinski definition) is 1. The molecule has 0 saturated heterocycles. The second kappa shape index (κ2) is 7.62. The molecular formula is C21H20N2O2. The van der Waals surface area contributed by atoms with Gasteiger partial charge in [0.1, 0.15) is 5.75 Å². The van der Waals surface area contributed by atoms with Gasteiger partial charge in [-0.05, 0) is 40.5 Å². The lowest BCUT2D eigenvalue weighted by atomic mass is 10.1. The summed E-state index contributed by atoms with van der Waals surface area (Å²) in [5.41, 5.74) is 5.22. The summed E-state index contributed by atoms with van der Waals surface area (Å²) in [7, 11) is 1.55. The van der Waals surface area contributed by atoms with Crippen molar-refractivity contribution < 1.29 is 9.53 Å². The molecule has 0 heterocycles. The molecule has 126 valence electrons. The molecule has 0 aromatic heterocycles. The van der Waals surface area contributed by atoms with Gasteiger partial charge in [0.25, 0.3) is 5.91 Å². The van der Waals surface area contributed by atoms with Gasteiger partial charge in [-0.25, -0.2) is 5.43 Å². The number of hydrogen-bond acceptors (Lipinski definition) is 3. The maximum Gasteiger partial charge on any atom is 0.275 e. The Hall–Kier alpha value is -3.14. The van der Waals surface area contributed by atoms with E-state index in [0.717, 1.165) is 22.8 Å². The summed E-state index contributed by atoms with van der Waals surface area (Å²) in [5, 5.41) is 6.05. The first kappa shape index (κ1) is 16.7. The van der Waals surface area contributed by atoms with Crippen molar-refractivity contribution >= 4 is 22.9 Å². The molecule has 0 spiro atoms. The molecule has 3 rings (SSSR count). The van der Waals surface area contributed by atoms with E-state index in [1.807, 2.05) is 48.5 Å². The number of nitrogens with one attached hydrogen (secondary N) is 1. The number of carbonyl (C=O) groups excluding carboxylic acids is 1. The lowest BCUT2D eigenvalue weighted by molar-refractivity contribution is 0.0952. The molecule has 1 amide bonds. The highest BCUT2D eigenvalue weighted by Gasteiger charge is 2.13. The van der Waals surface area contributed by atoms with Crippen LogP contribution in [0.4, 0.5) is 0 Å². The number of rotatable bonds is 5. The van der Waals surface area contributed by atoms with E-state index in [4.69, 9.17) is 4.74 Å². The van der Waals surface area contributed by atoms with Crippen LogP contribution in [0.5, 0.6) is 5.75 Å². The van der Waals surface area contributed by atoms with Gasteiger partial charge in [-0.1, -0.05) is 55.5 Å². The zero-order valence-electron chi connectivity index (χ0n) is 14.3. The van der Waals surface area contributed by atoms with E-state index >= 15 is 0 Å². The van der Waals surface area contributed by atoms with Crippen LogP contribution in [0.25, 0.3) is 10.8 Å². The number of methoxy groups -OCH3 is 1. The second-order valence-electron chi connectivity index (χ2n) is 5.69. The molecule has 0 bridgehead atoms. The number of carbonyl (C=O) groups is 1. The van der Waals surface area contributed by atoms with Gasteiger partial charge in [-0.2, -0.15) is 5.10 Å². The minimum absolute atomic E-state index is 0.302. The minimum atomic E-state index is -0.302. The van der Waals surface area contributed by atoms with Gasteiger partial charge in [0.05, 0.1) is 18.9 Å². The maximum absolute atomic E-state index is 12.5. The van der Waals surface area contributed by atoms with Gasteiger partial charge >= 0.3 is 0 Å². The minimum Gasteiger partial charge on any atom is -0.496 e. The first-order chi connectivity index (χ1) is 12.2. The third-order valence-corrected chi connectivity index (χ3v) is 4.08. The van der Waals surface area contributed by atoms with Crippen molar-refractivity contribution in [2.24, 2.45) is 5.10 Å². The molecule has 3 aromatic rings. The average Bonchev–Trinajstić information content (AvgIpc) is 2.67. The maximum atomic E-state index is 12.5. The molecule has 0 atom stereocenters. The normalized spacial score (nSPS) is 11.0. The largest absolute Gasteiger partial charge is 0.496 e. The number of hydrazone groups is 1. The number of ether oxygens (including phenoxy) is 1. The Morgan fingerprint density at radius 3 is 2.40 bits per heavy atom. The van der Waals surface area contributed by atoms with E-state index in [1.54, 1.807) is 13.3 Å². The van der Waals surface area contributed by atoms with E-state index in [0.29, 0.717) is 11.3 Å². The zero-order valence-corrected chi connectivity index (χ0v) is 14.3. The molecule has 0 radical (unpaired) electrons. The lowest BCUT2D eigenvalue weighted by Gasteiger charge is -2.09. The Bertz CT molecular complexity index is 915. The Morgan fingerprint density at radius 1 is 1.08 bits per heavy atom. The fraction of sp³-hybridized carbons (Fsp3) is 0.143. The molecule has 0 aliphatic rings. The number of nitrogens with zero attached hydrogens (tertiary/aromatic N) is 1. The van der Waals surface area contributed by atoms with Crippen molar-refractivity contribution in [2.45, 2.75) is 13.3 Å². The molecule has 4 heteroatoms. The molecule has 0 aliphatic heterocycles. The van der Waals surface area contributed by atoms with E-state index in [-0.39, 0.29) is 5.91 Å². The highest BCUT2D eigenvalue weighted by atomic mass is 16.5. The molecule has 0 aliphatic carbocycles. The second-order valence-corrected chi connectivity index (χ2v) is 5.69. The van der Waals surface area contributed by atoms with E-state index in [2.05, 4.69) is 29.6 Å². The van der Waals surface area contributed by atoms with Crippen LogP contribution >= 0.6 is 0 Å². The van der Waals surface area contributed by atoms with Gasteiger partial charge in [-0.15, -0.1) is 0 Å². The standard InChI is InChI=1S/C21H20N2O2/c1-3-15-8-10-16(11-9-15)14-22-23-21(24)19-12-17-6-4-5-7-18(17)13-20(19)25-2/h4-14H,3H2,1-2H3,(H,23,24)/b22-14-. The summed E-state index contributed by atoms with van der Waals surface area (Å²) in [6.07, 6.45) is 2.63. The Balaban J connectivity index is 1.78. The van der Waals surface area contributed by atoms with Crippen LogP contribution in [-0.2, 0) is 6.42 Å². The Labute approximate surface area is 147 Å². The van der Waals surface area contributed by atoms with Crippen LogP contribution in [0.15, 0.2) is 65.8 Å². The van der Waals surface area contributed by atoms with Crippen LogP contribution in [-0.4, -0.2) is 19.2 Å². The highest BCUT2D eigenvalue weighted by molar-refractivity contribution is 6.01. The molecule has 0 saturated carbocycles. The Morgan fingerprint density at radius 2 is 1.76 bits per heavy atom. The SMILES string of the molecule is CCc1ccc(/C=N\NC(=O)c2cc3ccccc3cc2OC)cc1. The predicted molar refractivity (Wildman–Crippen MR) is 101 cm³/mol. The monoisotopic (exact) mass is 332 g/mol. The summed E-state index contributed by atoms with van der Waals surface area (Å²) in [6.45, 7) is 2.11. The van der Waals surface area contributed by atoms with Crippen LogP contribution in [0.3, 0.4) is 0 Å². The number of aryl methyl sites for hydroxylation is 1. The summed E-state index contributed by atoms with van der Waals surface area (Å²) < 4.78 is 5.35. The molecule has 0 fully saturated rings. The summed E-state index contributed by atoms with van der Waals surface area (Å²) in [4.78, 5) is 12.5. The van der Waals surface area contributed by atoms with Gasteiger partial charge in [0.15, 0.2) is 0 Å². The first-order valence-corrected chi connectivity index (χ1v) is 8.20. The topological polar surface area (TPSA) is 50.7 Å². The number of fused-ring (bicyclic) bond motifs is 1. The lowest BCUT2D eigenvalue weighted by Crippen LogP contribution is -2.18. The molecule has 25 heavy (non-hydrogen) atoms. The van der Waals surface area contributed by atoms with Crippen LogP contribution in [0, 0.1) is 0 Å². The average molecular weight is 332 g/mol. The Kier molecular flexibility index (Phi) is 5.09. The zero-order chi connectivity index (χ0) is 17.6. The summed E-state index contributed by atoms with van der Waals surface area (Å²) >= 11 is 0. The van der Waals surface area contributed by atoms with Crippen LogP contribution < -0.4 is 10.2 Å². The highest BCUT2D eigenvalue weighted by Crippen LogP contribution is 2.25. The van der Waals surface area contributed by atoms with Crippen molar-refractivity contribution in [3.05, 3.63) is 77.4 Å². The van der Waals surface area contributed by atoms with Gasteiger partial charge in [-0.3, -0.25) is 4.79 Å². The van der Waals surface area contributed by atoms with E-state index < -0.39 is 0 Å². The van der Waals surface area contributed by atoms with E-state index in [1.165, 1.54) is 5.56 Å². The van der Waals surface area contributed by atoms with Gasteiger partial charge in [0, 0.05) is 0 Å². The van der Waals surface area contributed by atoms with E-state index in [9.17, 15) is 4.79 Å². The van der Waals surface area contributed by atoms with Crippen molar-refractivity contribution in [3.8, 4) is 5.75 Å². The fourth-order valence-corrected chi connectivity index (χ4v) is 2.63. The van der Waals surface area contributed by atoms with Crippen molar-refractivity contribution in [1.29, 1.82) is 0 Å². The number of benzene rings is 3. The van der Waals surface area contributed by atoms with Crippen molar-refractivity contribution in [2.75, 3.05) is 7.11 Å². The number of amides is 1. The van der Waals surface area contributed by atoms with Gasteiger partial charge < -0.3 is 4.74 Å². The summed E-state index contributed by atoms with van der Waals surface area (Å²) in [5.74, 6) is 0.225. The molecule has 1 N–H and O–H groups in total. The third kappa shape index (κ3) is 3.86. The predicted octanol–water partition coefficient (Wildman–Crippen LogP) is 4.17. The van der Waals surface area contributed by atoms with Gasteiger partial charge in [0.2, 0.25) is 0 Å². The fourth-order valence-electron chi connectivity index (χ4n) is 2.63. The van der Waals surface area contributed by atoms with Crippen molar-refractivity contribution in [3.63, 3.8) is 0 Å². The molecular weight excluding hydrogens is 312 g/mol. The quantitative estimate of drug-likeness (QED) is 0.563. The van der Waals surface area contributed by atoms with Crippen molar-refractivity contribution in [1.82, 2.24) is 5.43 Å². The molecule has 0 unspecified atom stereocenters. The molecule has 3 aromatic carbocycles. The third-order valence-electron chi connectivity index (χ3n) is 4.08. The smallest absolute Gasteiger partial charge is 0.275 e. The summed E-state index contributed by atoms with van der Waals surface area (Å²) in [6, 6.07) is 19.6.